The highest BCUT2D eigenvalue weighted by Crippen LogP contribution is 2.24. The molecule has 0 bridgehead atoms. The quantitative estimate of drug-likeness (QED) is 0.846. The highest BCUT2D eigenvalue weighted by atomic mass is 79.9. The van der Waals surface area contributed by atoms with Gasteiger partial charge in [0.2, 0.25) is 0 Å². The Morgan fingerprint density at radius 3 is 2.70 bits per heavy atom. The van der Waals surface area contributed by atoms with Gasteiger partial charge < -0.3 is 14.5 Å². The molecule has 0 unspecified atom stereocenters. The van der Waals surface area contributed by atoms with E-state index in [2.05, 4.69) is 35.1 Å². The Kier molecular flexibility index (Phi) is 5.26. The molecule has 0 saturated carbocycles. The lowest BCUT2D eigenvalue weighted by Crippen LogP contribution is -2.21. The Labute approximate surface area is 128 Å². The van der Waals surface area contributed by atoms with E-state index in [0.29, 0.717) is 12.6 Å². The van der Waals surface area contributed by atoms with E-state index in [-0.39, 0.29) is 0 Å². The van der Waals surface area contributed by atoms with Crippen LogP contribution in [-0.2, 0) is 13.2 Å². The van der Waals surface area contributed by atoms with Crippen molar-refractivity contribution >= 4 is 15.9 Å². The summed E-state index contributed by atoms with van der Waals surface area (Å²) in [5, 5.41) is 3.32. The summed E-state index contributed by atoms with van der Waals surface area (Å²) in [6.45, 7) is 7.44. The van der Waals surface area contributed by atoms with Crippen molar-refractivity contribution in [3.05, 3.63) is 51.9 Å². The molecular formula is C16H20BrNO2. The third kappa shape index (κ3) is 4.39. The van der Waals surface area contributed by atoms with Gasteiger partial charge in [-0.15, -0.1) is 0 Å². The summed E-state index contributed by atoms with van der Waals surface area (Å²) >= 11 is 3.45. The molecule has 1 aromatic carbocycles. The predicted octanol–water partition coefficient (Wildman–Crippen LogP) is 4.43. The number of furan rings is 1. The number of hydrogen-bond donors (Lipinski definition) is 1. The second-order valence-electron chi connectivity index (χ2n) is 5.10. The Hall–Kier alpha value is -1.26. The highest BCUT2D eigenvalue weighted by molar-refractivity contribution is 9.10. The first-order valence-corrected chi connectivity index (χ1v) is 7.54. The SMILES string of the molecule is Cc1ccc(Br)cc1OCc1ccc(CNC(C)C)o1. The van der Waals surface area contributed by atoms with Gasteiger partial charge in [0.25, 0.3) is 0 Å². The third-order valence-electron chi connectivity index (χ3n) is 2.92. The Morgan fingerprint density at radius 1 is 1.20 bits per heavy atom. The molecule has 108 valence electrons. The molecule has 1 heterocycles. The summed E-state index contributed by atoms with van der Waals surface area (Å²) in [6, 6.07) is 10.4. The maximum absolute atomic E-state index is 5.80. The van der Waals surface area contributed by atoms with Crippen molar-refractivity contribution < 1.29 is 9.15 Å². The van der Waals surface area contributed by atoms with Crippen LogP contribution < -0.4 is 10.1 Å². The maximum atomic E-state index is 5.80. The van der Waals surface area contributed by atoms with Gasteiger partial charge in [-0.1, -0.05) is 35.8 Å². The lowest BCUT2D eigenvalue weighted by atomic mass is 10.2. The number of ether oxygens (including phenoxy) is 1. The van der Waals surface area contributed by atoms with Crippen molar-refractivity contribution in [3.8, 4) is 5.75 Å². The van der Waals surface area contributed by atoms with Gasteiger partial charge in [0.05, 0.1) is 6.54 Å². The fourth-order valence-electron chi connectivity index (χ4n) is 1.78. The molecule has 0 atom stereocenters. The lowest BCUT2D eigenvalue weighted by Gasteiger charge is -2.08. The average Bonchev–Trinajstić information content (AvgIpc) is 2.85. The normalized spacial score (nSPS) is 11.1. The minimum absolute atomic E-state index is 0.443. The standard InChI is InChI=1S/C16H20BrNO2/c1-11(2)18-9-14-6-7-15(20-14)10-19-16-8-13(17)5-4-12(16)3/h4-8,11,18H,9-10H2,1-3H3. The van der Waals surface area contributed by atoms with E-state index in [9.17, 15) is 0 Å². The van der Waals surface area contributed by atoms with Crippen LogP contribution in [0.2, 0.25) is 0 Å². The summed E-state index contributed by atoms with van der Waals surface area (Å²) in [7, 11) is 0. The molecule has 2 aromatic rings. The van der Waals surface area contributed by atoms with E-state index in [4.69, 9.17) is 9.15 Å². The second-order valence-corrected chi connectivity index (χ2v) is 6.02. The predicted molar refractivity (Wildman–Crippen MR) is 83.9 cm³/mol. The van der Waals surface area contributed by atoms with Crippen molar-refractivity contribution in [1.82, 2.24) is 5.32 Å². The molecule has 0 saturated heterocycles. The van der Waals surface area contributed by atoms with Gasteiger partial charge in [0.1, 0.15) is 23.9 Å². The molecule has 4 heteroatoms. The molecule has 0 aliphatic rings. The summed E-state index contributed by atoms with van der Waals surface area (Å²) < 4.78 is 12.5. The van der Waals surface area contributed by atoms with Gasteiger partial charge in [0, 0.05) is 10.5 Å². The van der Waals surface area contributed by atoms with Crippen molar-refractivity contribution in [1.29, 1.82) is 0 Å². The molecule has 2 rings (SSSR count). The molecule has 0 aliphatic heterocycles. The van der Waals surface area contributed by atoms with Crippen LogP contribution in [0.5, 0.6) is 5.75 Å². The zero-order valence-corrected chi connectivity index (χ0v) is 13.7. The van der Waals surface area contributed by atoms with Gasteiger partial charge in [-0.2, -0.15) is 0 Å². The smallest absolute Gasteiger partial charge is 0.146 e. The second kappa shape index (κ2) is 6.95. The molecule has 20 heavy (non-hydrogen) atoms. The van der Waals surface area contributed by atoms with Crippen LogP contribution in [-0.4, -0.2) is 6.04 Å². The molecule has 0 spiro atoms. The van der Waals surface area contributed by atoms with Crippen molar-refractivity contribution in [2.75, 3.05) is 0 Å². The van der Waals surface area contributed by atoms with Gasteiger partial charge in [-0.3, -0.25) is 0 Å². The zero-order chi connectivity index (χ0) is 14.5. The van der Waals surface area contributed by atoms with Crippen LogP contribution in [0, 0.1) is 6.92 Å². The molecule has 0 fully saturated rings. The third-order valence-corrected chi connectivity index (χ3v) is 3.42. The number of rotatable bonds is 6. The van der Waals surface area contributed by atoms with Crippen LogP contribution >= 0.6 is 15.9 Å². The number of nitrogens with one attached hydrogen (secondary N) is 1. The summed E-state index contributed by atoms with van der Waals surface area (Å²) in [4.78, 5) is 0. The van der Waals surface area contributed by atoms with Gasteiger partial charge >= 0.3 is 0 Å². The fraction of sp³-hybridized carbons (Fsp3) is 0.375. The number of halogens is 1. The molecule has 1 aromatic heterocycles. The van der Waals surface area contributed by atoms with Crippen molar-refractivity contribution in [2.45, 2.75) is 40.0 Å². The lowest BCUT2D eigenvalue weighted by molar-refractivity contribution is 0.263. The molecular weight excluding hydrogens is 318 g/mol. The van der Waals surface area contributed by atoms with Crippen LogP contribution in [0.25, 0.3) is 0 Å². The van der Waals surface area contributed by atoms with Gasteiger partial charge in [-0.25, -0.2) is 0 Å². The Balaban J connectivity index is 1.92. The van der Waals surface area contributed by atoms with Crippen molar-refractivity contribution in [2.24, 2.45) is 0 Å². The van der Waals surface area contributed by atoms with E-state index in [1.807, 2.05) is 37.3 Å². The molecule has 0 amide bonds. The number of benzene rings is 1. The van der Waals surface area contributed by atoms with E-state index in [1.54, 1.807) is 0 Å². The van der Waals surface area contributed by atoms with Gasteiger partial charge in [-0.05, 0) is 36.8 Å². The van der Waals surface area contributed by atoms with Crippen LogP contribution in [0.4, 0.5) is 0 Å². The first-order chi connectivity index (χ1) is 9.54. The number of aryl methyl sites for hydroxylation is 1. The first kappa shape index (κ1) is 15.1. The fourth-order valence-corrected chi connectivity index (χ4v) is 2.12. The van der Waals surface area contributed by atoms with E-state index in [1.165, 1.54) is 0 Å². The summed E-state index contributed by atoms with van der Waals surface area (Å²) in [6.07, 6.45) is 0. The van der Waals surface area contributed by atoms with Crippen LogP contribution in [0.1, 0.15) is 30.9 Å². The largest absolute Gasteiger partial charge is 0.485 e. The average molecular weight is 338 g/mol. The van der Waals surface area contributed by atoms with Crippen molar-refractivity contribution in [3.63, 3.8) is 0 Å². The van der Waals surface area contributed by atoms with E-state index >= 15 is 0 Å². The van der Waals surface area contributed by atoms with Gasteiger partial charge in [0.15, 0.2) is 0 Å². The molecule has 0 radical (unpaired) electrons. The zero-order valence-electron chi connectivity index (χ0n) is 12.1. The Bertz CT molecular complexity index is 563. The monoisotopic (exact) mass is 337 g/mol. The van der Waals surface area contributed by atoms with E-state index in [0.717, 1.165) is 33.9 Å². The minimum atomic E-state index is 0.443. The molecule has 1 N–H and O–H groups in total. The summed E-state index contributed by atoms with van der Waals surface area (Å²) in [5.41, 5.74) is 1.11. The maximum Gasteiger partial charge on any atom is 0.146 e. The Morgan fingerprint density at radius 2 is 1.95 bits per heavy atom. The first-order valence-electron chi connectivity index (χ1n) is 6.74. The van der Waals surface area contributed by atoms with E-state index < -0.39 is 0 Å². The van der Waals surface area contributed by atoms with Crippen LogP contribution in [0.3, 0.4) is 0 Å². The highest BCUT2D eigenvalue weighted by Gasteiger charge is 2.05. The topological polar surface area (TPSA) is 34.4 Å². The molecule has 0 aliphatic carbocycles. The molecule has 3 nitrogen and oxygen atoms in total. The summed E-state index contributed by atoms with van der Waals surface area (Å²) in [5.74, 6) is 2.64. The number of hydrogen-bond acceptors (Lipinski definition) is 3. The van der Waals surface area contributed by atoms with Crippen LogP contribution in [0.15, 0.2) is 39.2 Å². The minimum Gasteiger partial charge on any atom is -0.485 e.